The van der Waals surface area contributed by atoms with Crippen molar-refractivity contribution in [1.82, 2.24) is 0 Å². The zero-order valence-corrected chi connectivity index (χ0v) is 38.3. The number of aliphatic carboxylic acids is 1. The molecule has 6 fully saturated rings. The van der Waals surface area contributed by atoms with Gasteiger partial charge in [-0.2, -0.15) is 0 Å². The molecule has 0 radical (unpaired) electrons. The second-order valence-corrected chi connectivity index (χ2v) is 22.6. The number of hydrogen-bond donors (Lipinski definition) is 9. The SMILES string of the molecule is C[C@@H]1O[C@@H](O[C@H]2[C@H](OC(=O)[C@@]34C=C[C@]5(C)C(=CC[C@@H]6[C@@]7(C)CC[C@H](O[C@@H]8O[C@H](C(=O)O)[C@@H](O)[C@H](O)[C@H]8O)C(C)(C)[C@@H]7CC[C@]65C)[C@@H]3CC(C)(C)CC4)OC[C@H](O)[C@@H]2O)[C@H](O)[C@H](O)[C@H]1O. The zero-order valence-electron chi connectivity index (χ0n) is 38.3. The van der Waals surface area contributed by atoms with E-state index in [-0.39, 0.29) is 40.6 Å². The number of fused-ring (bicyclic) bond motifs is 7. The van der Waals surface area contributed by atoms with E-state index in [1.807, 2.05) is 6.08 Å². The fourth-order valence-electron chi connectivity index (χ4n) is 14.1. The highest BCUT2D eigenvalue weighted by molar-refractivity contribution is 5.81. The van der Waals surface area contributed by atoms with Crippen LogP contribution >= 0.6 is 0 Å². The van der Waals surface area contributed by atoms with Gasteiger partial charge in [-0.1, -0.05) is 72.3 Å². The van der Waals surface area contributed by atoms with Crippen molar-refractivity contribution >= 4 is 11.9 Å². The molecule has 3 heterocycles. The normalized spacial score (nSPS) is 53.1. The topological polar surface area (TPSA) is 272 Å². The summed E-state index contributed by atoms with van der Waals surface area (Å²) in [6, 6.07) is 0. The number of carboxylic acid groups (broad SMARTS) is 1. The molecule has 9 N–H and O–H groups in total. The molecule has 8 aliphatic rings. The van der Waals surface area contributed by atoms with Gasteiger partial charge in [-0.15, -0.1) is 0 Å². The summed E-state index contributed by atoms with van der Waals surface area (Å²) in [6.07, 6.45) is -9.64. The van der Waals surface area contributed by atoms with Gasteiger partial charge in [-0.05, 0) is 91.8 Å². The van der Waals surface area contributed by atoms with Gasteiger partial charge in [0, 0.05) is 11.3 Å². The van der Waals surface area contributed by atoms with E-state index in [0.717, 1.165) is 32.1 Å². The summed E-state index contributed by atoms with van der Waals surface area (Å²) in [5, 5.41) is 94.5. The van der Waals surface area contributed by atoms with Gasteiger partial charge in [0.25, 0.3) is 0 Å². The standard InChI is InChI=1S/C47H72O17/c1-21-28(49)30(51)33(54)38(60-21)63-36-29(50)24(48)20-59-40(36)64-41(58)47-17-15-42(2,3)19-23(47)22-9-10-26-44(6)13-12-27(61-39-34(55)31(52)32(53)35(62-39)37(56)57)43(4,5)25(44)11-14-46(26,8)45(22,7)16-18-47/h9,16,18,21,23-36,38-40,48-55H,10-15,17,19-20H2,1-8H3,(H,56,57)/t21-,23-,24-,25-,26+,27-,28-,29-,30+,31-,32-,33+,34+,35-,36+,38-,39+,40-,44-,45+,46+,47-/m0/s1. The van der Waals surface area contributed by atoms with Gasteiger partial charge in [-0.3, -0.25) is 4.79 Å². The Balaban J connectivity index is 1.05. The van der Waals surface area contributed by atoms with Crippen LogP contribution in [-0.2, 0) is 38.0 Å². The first kappa shape index (κ1) is 48.4. The summed E-state index contributed by atoms with van der Waals surface area (Å²) >= 11 is 0. The third-order valence-electron chi connectivity index (χ3n) is 18.3. The minimum Gasteiger partial charge on any atom is -0.479 e. The van der Waals surface area contributed by atoms with Gasteiger partial charge in [0.05, 0.1) is 24.2 Å². The van der Waals surface area contributed by atoms with Crippen molar-refractivity contribution in [2.45, 2.75) is 199 Å². The van der Waals surface area contributed by atoms with E-state index in [1.54, 1.807) is 0 Å². The molecule has 5 aliphatic carbocycles. The number of rotatable bonds is 7. The van der Waals surface area contributed by atoms with Crippen LogP contribution in [0.3, 0.4) is 0 Å². The predicted molar refractivity (Wildman–Crippen MR) is 223 cm³/mol. The van der Waals surface area contributed by atoms with Crippen LogP contribution in [0.5, 0.6) is 0 Å². The van der Waals surface area contributed by atoms with Crippen molar-refractivity contribution < 1.29 is 84.0 Å². The van der Waals surface area contributed by atoms with Crippen LogP contribution < -0.4 is 0 Å². The van der Waals surface area contributed by atoms with Crippen molar-refractivity contribution in [3.8, 4) is 0 Å². The van der Waals surface area contributed by atoms with E-state index < -0.39 is 120 Å². The molecule has 0 bridgehead atoms. The Morgan fingerprint density at radius 3 is 2.03 bits per heavy atom. The molecule has 22 atom stereocenters. The van der Waals surface area contributed by atoms with Crippen LogP contribution in [-0.4, -0.2) is 157 Å². The molecule has 0 spiro atoms. The number of allylic oxidation sites excluding steroid dienone is 3. The Bertz CT molecular complexity index is 1850. The van der Waals surface area contributed by atoms with Crippen LogP contribution in [0, 0.1) is 50.2 Å². The van der Waals surface area contributed by atoms with Crippen LogP contribution in [0.1, 0.15) is 107 Å². The number of aliphatic hydroxyl groups excluding tert-OH is 8. The third-order valence-corrected chi connectivity index (χ3v) is 18.3. The van der Waals surface area contributed by atoms with Gasteiger partial charge in [0.2, 0.25) is 6.29 Å². The Kier molecular flexibility index (Phi) is 12.5. The summed E-state index contributed by atoms with van der Waals surface area (Å²) in [4.78, 5) is 26.8. The maximum absolute atomic E-state index is 15.0. The van der Waals surface area contributed by atoms with Crippen molar-refractivity contribution in [2.75, 3.05) is 6.61 Å². The minimum atomic E-state index is -1.81. The van der Waals surface area contributed by atoms with E-state index in [2.05, 4.69) is 60.6 Å². The maximum atomic E-state index is 15.0. The highest BCUT2D eigenvalue weighted by Crippen LogP contribution is 2.74. The van der Waals surface area contributed by atoms with E-state index >= 15 is 0 Å². The summed E-state index contributed by atoms with van der Waals surface area (Å²) in [5.74, 6) is -1.88. The minimum absolute atomic E-state index is 0.108. The third kappa shape index (κ3) is 7.37. The first-order chi connectivity index (χ1) is 29.7. The molecule has 0 amide bonds. The largest absolute Gasteiger partial charge is 0.479 e. The van der Waals surface area contributed by atoms with Crippen molar-refractivity contribution in [3.05, 3.63) is 23.8 Å². The predicted octanol–water partition coefficient (Wildman–Crippen LogP) is 1.68. The lowest BCUT2D eigenvalue weighted by Gasteiger charge is -2.70. The van der Waals surface area contributed by atoms with Gasteiger partial charge in [-0.25, -0.2) is 4.79 Å². The molecular formula is C47H72O17. The number of carbonyl (C=O) groups excluding carboxylic acids is 1. The van der Waals surface area contributed by atoms with Crippen LogP contribution in [0.25, 0.3) is 0 Å². The van der Waals surface area contributed by atoms with Gasteiger partial charge in [0.15, 0.2) is 24.8 Å². The summed E-state index contributed by atoms with van der Waals surface area (Å²) in [7, 11) is 0. The number of hydrogen-bond acceptors (Lipinski definition) is 16. The molecule has 0 aromatic rings. The van der Waals surface area contributed by atoms with Crippen molar-refractivity contribution in [1.29, 1.82) is 0 Å². The zero-order chi connectivity index (χ0) is 46.9. The second-order valence-electron chi connectivity index (χ2n) is 22.6. The molecule has 3 aliphatic heterocycles. The van der Waals surface area contributed by atoms with Gasteiger partial charge >= 0.3 is 11.9 Å². The summed E-state index contributed by atoms with van der Waals surface area (Å²) in [6.45, 7) is 16.9. The Hall–Kier alpha value is -2.10. The molecule has 17 heteroatoms. The Morgan fingerprint density at radius 1 is 0.703 bits per heavy atom. The average molecular weight is 909 g/mol. The summed E-state index contributed by atoms with van der Waals surface area (Å²) in [5.41, 5.74) is -1.31. The van der Waals surface area contributed by atoms with Crippen LogP contribution in [0.15, 0.2) is 23.8 Å². The van der Waals surface area contributed by atoms with E-state index in [1.165, 1.54) is 12.5 Å². The molecule has 0 aromatic carbocycles. The summed E-state index contributed by atoms with van der Waals surface area (Å²) < 4.78 is 35.6. The molecule has 0 aromatic heterocycles. The van der Waals surface area contributed by atoms with E-state index in [0.29, 0.717) is 19.3 Å². The smallest absolute Gasteiger partial charge is 0.335 e. The highest BCUT2D eigenvalue weighted by Gasteiger charge is 2.69. The number of carboxylic acids is 1. The van der Waals surface area contributed by atoms with Crippen LogP contribution in [0.2, 0.25) is 0 Å². The van der Waals surface area contributed by atoms with Crippen molar-refractivity contribution in [2.24, 2.45) is 50.2 Å². The number of ether oxygens (including phenoxy) is 6. The van der Waals surface area contributed by atoms with Crippen molar-refractivity contribution in [3.63, 3.8) is 0 Å². The fraction of sp³-hybridized carbons (Fsp3) is 0.872. The van der Waals surface area contributed by atoms with Gasteiger partial charge in [0.1, 0.15) is 48.8 Å². The molecule has 8 rings (SSSR count). The quantitative estimate of drug-likeness (QED) is 0.0999. The molecule has 17 nitrogen and oxygen atoms in total. The lowest BCUT2D eigenvalue weighted by atomic mass is 9.34. The first-order valence-corrected chi connectivity index (χ1v) is 23.3. The first-order valence-electron chi connectivity index (χ1n) is 23.3. The molecule has 64 heavy (non-hydrogen) atoms. The fourth-order valence-corrected chi connectivity index (χ4v) is 14.1. The van der Waals surface area contributed by atoms with E-state index in [4.69, 9.17) is 28.4 Å². The van der Waals surface area contributed by atoms with E-state index in [9.17, 15) is 55.5 Å². The number of carbonyl (C=O) groups is 2. The lowest BCUT2D eigenvalue weighted by molar-refractivity contribution is -0.350. The molecule has 362 valence electrons. The molecular weight excluding hydrogens is 836 g/mol. The Morgan fingerprint density at radius 2 is 1.36 bits per heavy atom. The number of aliphatic hydroxyl groups is 8. The maximum Gasteiger partial charge on any atom is 0.335 e. The average Bonchev–Trinajstić information content (AvgIpc) is 3.22. The molecule has 3 saturated carbocycles. The number of esters is 1. The second kappa shape index (κ2) is 16.6. The Labute approximate surface area is 374 Å². The lowest BCUT2D eigenvalue weighted by Crippen LogP contribution is -2.65. The highest BCUT2D eigenvalue weighted by atomic mass is 16.8. The van der Waals surface area contributed by atoms with Crippen LogP contribution in [0.4, 0.5) is 0 Å². The monoisotopic (exact) mass is 908 g/mol. The molecule has 0 unspecified atom stereocenters. The van der Waals surface area contributed by atoms with Gasteiger partial charge < -0.3 is 74.4 Å². The molecule has 3 saturated heterocycles.